The highest BCUT2D eigenvalue weighted by molar-refractivity contribution is 5.88. The van der Waals surface area contributed by atoms with E-state index in [2.05, 4.69) is 10.6 Å². The van der Waals surface area contributed by atoms with Gasteiger partial charge in [-0.1, -0.05) is 24.3 Å². The molecule has 27 heavy (non-hydrogen) atoms. The lowest BCUT2D eigenvalue weighted by molar-refractivity contribution is -0.129. The minimum atomic E-state index is -0.865. The van der Waals surface area contributed by atoms with Crippen LogP contribution in [0.15, 0.2) is 42.5 Å². The maximum absolute atomic E-state index is 13.2. The fourth-order valence-corrected chi connectivity index (χ4v) is 3.28. The smallest absolute Gasteiger partial charge is 0.242 e. The summed E-state index contributed by atoms with van der Waals surface area (Å²) >= 11 is 0. The van der Waals surface area contributed by atoms with E-state index in [1.807, 2.05) is 24.3 Å². The molecule has 7 heteroatoms. The average molecular weight is 374 g/mol. The van der Waals surface area contributed by atoms with Gasteiger partial charge >= 0.3 is 0 Å². The van der Waals surface area contributed by atoms with Crippen molar-refractivity contribution in [2.24, 2.45) is 0 Å². The van der Waals surface area contributed by atoms with E-state index >= 15 is 0 Å². The van der Waals surface area contributed by atoms with Crippen LogP contribution in [-0.2, 0) is 22.4 Å². The zero-order valence-electron chi connectivity index (χ0n) is 14.7. The van der Waals surface area contributed by atoms with Crippen LogP contribution in [0.25, 0.3) is 0 Å². The second-order valence-electron chi connectivity index (χ2n) is 6.70. The number of carbonyl (C=O) groups is 2. The van der Waals surface area contributed by atoms with E-state index in [0.717, 1.165) is 29.3 Å². The number of nitrogens with one attached hydrogen (secondary N) is 2. The van der Waals surface area contributed by atoms with Crippen LogP contribution in [-0.4, -0.2) is 29.1 Å². The molecular weight excluding hydrogens is 354 g/mol. The fourth-order valence-electron chi connectivity index (χ4n) is 3.28. The predicted octanol–water partition coefficient (Wildman–Crippen LogP) is 1.79. The first kappa shape index (κ1) is 19.0. The van der Waals surface area contributed by atoms with E-state index < -0.39 is 41.6 Å². The van der Waals surface area contributed by atoms with Crippen molar-refractivity contribution in [3.8, 4) is 0 Å². The normalized spacial score (nSPS) is 19.3. The third-order valence-corrected chi connectivity index (χ3v) is 4.56. The largest absolute Gasteiger partial charge is 0.390 e. The third-order valence-electron chi connectivity index (χ3n) is 4.56. The first-order chi connectivity index (χ1) is 12.8. The molecule has 2 aromatic carbocycles. The predicted molar refractivity (Wildman–Crippen MR) is 94.7 cm³/mol. The Morgan fingerprint density at radius 1 is 1.19 bits per heavy atom. The molecule has 3 atom stereocenters. The van der Waals surface area contributed by atoms with Gasteiger partial charge in [0, 0.05) is 12.5 Å². The van der Waals surface area contributed by atoms with Gasteiger partial charge in [-0.05, 0) is 35.7 Å². The Bertz CT molecular complexity index is 852. The highest BCUT2D eigenvalue weighted by Crippen LogP contribution is 2.31. The van der Waals surface area contributed by atoms with Crippen LogP contribution in [0.5, 0.6) is 0 Å². The van der Waals surface area contributed by atoms with Gasteiger partial charge in [0.2, 0.25) is 11.8 Å². The lowest BCUT2D eigenvalue weighted by Crippen LogP contribution is -2.47. The summed E-state index contributed by atoms with van der Waals surface area (Å²) in [4.78, 5) is 24.5. The van der Waals surface area contributed by atoms with E-state index in [1.54, 1.807) is 0 Å². The van der Waals surface area contributed by atoms with Crippen LogP contribution >= 0.6 is 0 Å². The van der Waals surface area contributed by atoms with Crippen molar-refractivity contribution in [2.75, 3.05) is 0 Å². The number of hydrogen-bond donors (Lipinski definition) is 3. The van der Waals surface area contributed by atoms with Gasteiger partial charge in [-0.15, -0.1) is 0 Å². The van der Waals surface area contributed by atoms with Gasteiger partial charge in [0.25, 0.3) is 0 Å². The lowest BCUT2D eigenvalue weighted by atomic mass is 10.1. The summed E-state index contributed by atoms with van der Waals surface area (Å²) in [6.07, 6.45) is -0.529. The van der Waals surface area contributed by atoms with Crippen molar-refractivity contribution in [1.82, 2.24) is 10.6 Å². The number of aliphatic hydroxyl groups is 1. The summed E-state index contributed by atoms with van der Waals surface area (Å²) in [5.41, 5.74) is 2.00. The molecule has 142 valence electrons. The monoisotopic (exact) mass is 374 g/mol. The van der Waals surface area contributed by atoms with Crippen molar-refractivity contribution < 1.29 is 23.5 Å². The van der Waals surface area contributed by atoms with Gasteiger partial charge in [-0.2, -0.15) is 0 Å². The molecule has 0 aromatic heterocycles. The Labute approximate surface area is 155 Å². The summed E-state index contributed by atoms with van der Waals surface area (Å²) in [5.74, 6) is -2.51. The van der Waals surface area contributed by atoms with E-state index in [-0.39, 0.29) is 12.0 Å². The molecule has 0 saturated heterocycles. The molecule has 0 aliphatic heterocycles. The summed E-state index contributed by atoms with van der Waals surface area (Å²) in [5, 5.41) is 15.4. The number of hydrogen-bond acceptors (Lipinski definition) is 3. The molecular formula is C20H20F2N2O3. The minimum absolute atomic E-state index is 0.178. The maximum atomic E-state index is 13.2. The van der Waals surface area contributed by atoms with Crippen molar-refractivity contribution in [2.45, 2.75) is 38.0 Å². The number of benzene rings is 2. The quantitative estimate of drug-likeness (QED) is 0.747. The molecule has 1 aliphatic carbocycles. The van der Waals surface area contributed by atoms with Crippen LogP contribution < -0.4 is 10.6 Å². The lowest BCUT2D eigenvalue weighted by Gasteiger charge is -2.21. The van der Waals surface area contributed by atoms with Crippen LogP contribution in [0.2, 0.25) is 0 Å². The van der Waals surface area contributed by atoms with Crippen LogP contribution in [0, 0.1) is 11.6 Å². The Morgan fingerprint density at radius 2 is 1.85 bits per heavy atom. The van der Waals surface area contributed by atoms with E-state index in [4.69, 9.17) is 0 Å². The van der Waals surface area contributed by atoms with Gasteiger partial charge in [-0.3, -0.25) is 9.59 Å². The van der Waals surface area contributed by atoms with E-state index in [9.17, 15) is 23.5 Å². The van der Waals surface area contributed by atoms with E-state index in [1.165, 1.54) is 6.92 Å². The molecule has 0 bridgehead atoms. The first-order valence-electron chi connectivity index (χ1n) is 8.64. The average Bonchev–Trinajstić information content (AvgIpc) is 2.89. The molecule has 2 amide bonds. The van der Waals surface area contributed by atoms with E-state index in [0.29, 0.717) is 6.42 Å². The highest BCUT2D eigenvalue weighted by Gasteiger charge is 2.32. The molecule has 2 unspecified atom stereocenters. The van der Waals surface area contributed by atoms with Crippen molar-refractivity contribution in [3.05, 3.63) is 70.8 Å². The Kier molecular flexibility index (Phi) is 5.51. The standard InChI is InChI=1S/C20H20F2N2O3/c1-11(23-18(26)8-12-6-14(21)10-15(22)7-12)20(27)24-19-16-5-3-2-4-13(16)9-17(19)25/h2-7,10-11,17,19,25H,8-9H2,1H3,(H,23,26)(H,24,27)/t11-,17?,19?/m0/s1. The van der Waals surface area contributed by atoms with Crippen molar-refractivity contribution in [1.29, 1.82) is 0 Å². The zero-order chi connectivity index (χ0) is 19.6. The zero-order valence-corrected chi connectivity index (χ0v) is 14.7. The van der Waals surface area contributed by atoms with Gasteiger partial charge < -0.3 is 15.7 Å². The minimum Gasteiger partial charge on any atom is -0.390 e. The third kappa shape index (κ3) is 4.49. The molecule has 0 fully saturated rings. The Morgan fingerprint density at radius 3 is 2.56 bits per heavy atom. The number of fused-ring (bicyclic) bond motifs is 1. The molecule has 0 spiro atoms. The summed E-state index contributed by atoms with van der Waals surface area (Å²) in [6.45, 7) is 1.51. The number of rotatable bonds is 5. The summed E-state index contributed by atoms with van der Waals surface area (Å²) in [6, 6.07) is 8.90. The number of carbonyl (C=O) groups excluding carboxylic acids is 2. The van der Waals surface area contributed by atoms with Crippen LogP contribution in [0.1, 0.15) is 29.7 Å². The topological polar surface area (TPSA) is 78.4 Å². The molecule has 3 N–H and O–H groups in total. The first-order valence-corrected chi connectivity index (χ1v) is 8.64. The second-order valence-corrected chi connectivity index (χ2v) is 6.70. The van der Waals surface area contributed by atoms with Crippen LogP contribution in [0.3, 0.4) is 0 Å². The van der Waals surface area contributed by atoms with Crippen molar-refractivity contribution in [3.63, 3.8) is 0 Å². The van der Waals surface area contributed by atoms with Gasteiger partial charge in [-0.25, -0.2) is 8.78 Å². The Balaban J connectivity index is 1.58. The molecule has 0 radical (unpaired) electrons. The highest BCUT2D eigenvalue weighted by atomic mass is 19.1. The number of halogens is 2. The molecule has 3 rings (SSSR count). The van der Waals surface area contributed by atoms with Gasteiger partial charge in [0.1, 0.15) is 17.7 Å². The summed E-state index contributed by atoms with van der Waals surface area (Å²) < 4.78 is 26.4. The molecule has 5 nitrogen and oxygen atoms in total. The molecule has 0 heterocycles. The Hall–Kier alpha value is -2.80. The number of aliphatic hydroxyl groups excluding tert-OH is 1. The van der Waals surface area contributed by atoms with Gasteiger partial charge in [0.15, 0.2) is 0 Å². The van der Waals surface area contributed by atoms with Crippen LogP contribution in [0.4, 0.5) is 8.78 Å². The summed E-state index contributed by atoms with van der Waals surface area (Å²) in [7, 11) is 0. The molecule has 0 saturated carbocycles. The molecule has 1 aliphatic rings. The fraction of sp³-hybridized carbons (Fsp3) is 0.300. The molecule has 2 aromatic rings. The van der Waals surface area contributed by atoms with Gasteiger partial charge in [0.05, 0.1) is 18.6 Å². The number of amides is 2. The second kappa shape index (κ2) is 7.84. The van der Waals surface area contributed by atoms with Crippen molar-refractivity contribution >= 4 is 11.8 Å². The SMILES string of the molecule is C[C@H](NC(=O)Cc1cc(F)cc(F)c1)C(=O)NC1c2ccccc2CC1O. The maximum Gasteiger partial charge on any atom is 0.242 e.